The van der Waals surface area contributed by atoms with Crippen LogP contribution in [0.5, 0.6) is 5.75 Å². The average Bonchev–Trinajstić information content (AvgIpc) is 2.93. The average molecular weight is 394 g/mol. The van der Waals surface area contributed by atoms with Gasteiger partial charge in [-0.2, -0.15) is 5.10 Å². The van der Waals surface area contributed by atoms with Gasteiger partial charge in [0.25, 0.3) is 0 Å². The van der Waals surface area contributed by atoms with Gasteiger partial charge in [0, 0.05) is 56.6 Å². The number of piperazine rings is 1. The largest absolute Gasteiger partial charge is 0.495 e. The predicted octanol–water partition coefficient (Wildman–Crippen LogP) is 2.91. The van der Waals surface area contributed by atoms with Crippen LogP contribution in [0.3, 0.4) is 0 Å². The summed E-state index contributed by atoms with van der Waals surface area (Å²) in [4.78, 5) is 4.62. The van der Waals surface area contributed by atoms with Crippen molar-refractivity contribution in [2.24, 2.45) is 7.05 Å². The molecule has 26 heavy (non-hydrogen) atoms. The van der Waals surface area contributed by atoms with Crippen LogP contribution in [-0.4, -0.2) is 58.0 Å². The molecular weight excluding hydrogens is 370 g/mol. The summed E-state index contributed by atoms with van der Waals surface area (Å²) in [6.07, 6.45) is 2.10. The lowest BCUT2D eigenvalue weighted by atomic mass is 10.2. The summed E-state index contributed by atoms with van der Waals surface area (Å²) in [5, 5.41) is 9.02. The molecule has 2 aromatic rings. The Hall–Kier alpha value is -1.83. The van der Waals surface area contributed by atoms with Crippen molar-refractivity contribution in [3.05, 3.63) is 40.7 Å². The number of methoxy groups -OCH3 is 1. The van der Waals surface area contributed by atoms with Crippen LogP contribution in [0.4, 0.5) is 5.69 Å². The van der Waals surface area contributed by atoms with E-state index in [4.69, 9.17) is 28.6 Å². The highest BCUT2D eigenvalue weighted by Crippen LogP contribution is 2.28. The van der Waals surface area contributed by atoms with E-state index in [9.17, 15) is 0 Å². The van der Waals surface area contributed by atoms with E-state index in [1.165, 1.54) is 5.56 Å². The molecule has 8 heteroatoms. The number of hydrogen-bond donors (Lipinski definition) is 1. The van der Waals surface area contributed by atoms with Gasteiger partial charge >= 0.3 is 0 Å². The van der Waals surface area contributed by atoms with Gasteiger partial charge in [-0.1, -0.05) is 11.6 Å². The van der Waals surface area contributed by atoms with E-state index in [0.29, 0.717) is 10.1 Å². The smallest absolute Gasteiger partial charge is 0.173 e. The van der Waals surface area contributed by atoms with Crippen molar-refractivity contribution in [1.82, 2.24) is 19.6 Å². The number of halogens is 1. The maximum atomic E-state index is 6.09. The van der Waals surface area contributed by atoms with Crippen molar-refractivity contribution >= 4 is 34.6 Å². The fourth-order valence-corrected chi connectivity index (χ4v) is 3.59. The third-order valence-electron chi connectivity index (χ3n) is 4.57. The molecule has 0 atom stereocenters. The van der Waals surface area contributed by atoms with E-state index < -0.39 is 0 Å². The first kappa shape index (κ1) is 18.9. The lowest BCUT2D eigenvalue weighted by Gasteiger charge is -2.36. The maximum absolute atomic E-state index is 6.09. The maximum Gasteiger partial charge on any atom is 0.173 e. The third-order valence-corrected chi connectivity index (χ3v) is 5.17. The van der Waals surface area contributed by atoms with Gasteiger partial charge in [-0.15, -0.1) is 0 Å². The van der Waals surface area contributed by atoms with Crippen LogP contribution in [-0.2, 0) is 13.6 Å². The molecule has 3 rings (SSSR count). The number of rotatable bonds is 4. The number of nitrogens with zero attached hydrogens (tertiary/aromatic N) is 4. The van der Waals surface area contributed by atoms with Crippen LogP contribution in [0.15, 0.2) is 24.4 Å². The van der Waals surface area contributed by atoms with Gasteiger partial charge in [-0.3, -0.25) is 9.58 Å². The first-order valence-electron chi connectivity index (χ1n) is 8.57. The lowest BCUT2D eigenvalue weighted by Crippen LogP contribution is -2.49. The molecular formula is C18H24ClN5OS. The SMILES string of the molecule is COc1ccc(Cl)cc1NC(=S)N1CCN(Cc2cn(C)nc2C)CC1. The number of nitrogens with one attached hydrogen (secondary N) is 1. The third kappa shape index (κ3) is 4.47. The van der Waals surface area contributed by atoms with Crippen LogP contribution in [0.1, 0.15) is 11.3 Å². The molecule has 0 radical (unpaired) electrons. The zero-order valence-corrected chi connectivity index (χ0v) is 16.9. The highest BCUT2D eigenvalue weighted by atomic mass is 35.5. The molecule has 0 saturated carbocycles. The fourth-order valence-electron chi connectivity index (χ4n) is 3.13. The molecule has 1 aromatic heterocycles. The van der Waals surface area contributed by atoms with Gasteiger partial charge in [-0.25, -0.2) is 0 Å². The molecule has 140 valence electrons. The molecule has 0 amide bonds. The van der Waals surface area contributed by atoms with Crippen LogP contribution < -0.4 is 10.1 Å². The normalized spacial score (nSPS) is 15.2. The van der Waals surface area contributed by atoms with Crippen molar-refractivity contribution < 1.29 is 4.74 Å². The second-order valence-corrected chi connectivity index (χ2v) is 7.27. The Morgan fingerprint density at radius 3 is 2.65 bits per heavy atom. The number of thiocarbonyl (C=S) groups is 1. The number of hydrogen-bond acceptors (Lipinski definition) is 4. The summed E-state index contributed by atoms with van der Waals surface area (Å²) in [5.74, 6) is 0.724. The summed E-state index contributed by atoms with van der Waals surface area (Å²) in [5.41, 5.74) is 3.17. The summed E-state index contributed by atoms with van der Waals surface area (Å²) in [6.45, 7) is 6.67. The highest BCUT2D eigenvalue weighted by Gasteiger charge is 2.20. The van der Waals surface area contributed by atoms with Gasteiger partial charge in [0.1, 0.15) is 5.75 Å². The van der Waals surface area contributed by atoms with Crippen molar-refractivity contribution in [2.45, 2.75) is 13.5 Å². The van der Waals surface area contributed by atoms with Crippen LogP contribution >= 0.6 is 23.8 Å². The predicted molar refractivity (Wildman–Crippen MR) is 109 cm³/mol. The summed E-state index contributed by atoms with van der Waals surface area (Å²) >= 11 is 11.7. The Labute approximate surface area is 164 Å². The van der Waals surface area contributed by atoms with Gasteiger partial charge in [-0.05, 0) is 37.3 Å². The van der Waals surface area contributed by atoms with E-state index in [0.717, 1.165) is 49.9 Å². The first-order chi connectivity index (χ1) is 12.5. The Bertz CT molecular complexity index is 786. The van der Waals surface area contributed by atoms with Crippen LogP contribution in [0, 0.1) is 6.92 Å². The zero-order chi connectivity index (χ0) is 18.7. The Kier molecular flexibility index (Phi) is 6.01. The second kappa shape index (κ2) is 8.24. The van der Waals surface area contributed by atoms with Gasteiger partial charge < -0.3 is 15.0 Å². The van der Waals surface area contributed by atoms with E-state index in [-0.39, 0.29) is 0 Å². The van der Waals surface area contributed by atoms with Gasteiger partial charge in [0.2, 0.25) is 0 Å². The molecule has 1 fully saturated rings. The Morgan fingerprint density at radius 2 is 2.04 bits per heavy atom. The van der Waals surface area contributed by atoms with E-state index in [1.54, 1.807) is 13.2 Å². The Morgan fingerprint density at radius 1 is 1.31 bits per heavy atom. The Balaban J connectivity index is 1.55. The van der Waals surface area contributed by atoms with Crippen molar-refractivity contribution in [3.63, 3.8) is 0 Å². The topological polar surface area (TPSA) is 45.6 Å². The lowest BCUT2D eigenvalue weighted by molar-refractivity contribution is 0.176. The molecule has 0 bridgehead atoms. The molecule has 1 N–H and O–H groups in total. The first-order valence-corrected chi connectivity index (χ1v) is 9.36. The number of aryl methyl sites for hydroxylation is 2. The van der Waals surface area contributed by atoms with E-state index in [1.807, 2.05) is 23.9 Å². The molecule has 2 heterocycles. The molecule has 0 spiro atoms. The second-order valence-electron chi connectivity index (χ2n) is 6.45. The van der Waals surface area contributed by atoms with Gasteiger partial charge in [0.15, 0.2) is 5.11 Å². The number of ether oxygens (including phenoxy) is 1. The van der Waals surface area contributed by atoms with E-state index in [2.05, 4.69) is 33.3 Å². The molecule has 1 saturated heterocycles. The minimum Gasteiger partial charge on any atom is -0.495 e. The highest BCUT2D eigenvalue weighted by molar-refractivity contribution is 7.80. The summed E-state index contributed by atoms with van der Waals surface area (Å²) in [7, 11) is 3.60. The number of aromatic nitrogens is 2. The molecule has 6 nitrogen and oxygen atoms in total. The monoisotopic (exact) mass is 393 g/mol. The quantitative estimate of drug-likeness (QED) is 0.806. The molecule has 1 aliphatic heterocycles. The van der Waals surface area contributed by atoms with Crippen LogP contribution in [0.2, 0.25) is 5.02 Å². The summed E-state index contributed by atoms with van der Waals surface area (Å²) in [6, 6.07) is 5.46. The van der Waals surface area contributed by atoms with E-state index >= 15 is 0 Å². The number of benzene rings is 1. The van der Waals surface area contributed by atoms with Gasteiger partial charge in [0.05, 0.1) is 18.5 Å². The minimum atomic E-state index is 0.646. The number of anilines is 1. The van der Waals surface area contributed by atoms with Crippen molar-refractivity contribution in [3.8, 4) is 5.75 Å². The minimum absolute atomic E-state index is 0.646. The molecule has 1 aliphatic rings. The standard InChI is InChI=1S/C18H24ClN5OS/c1-13-14(11-22(2)21-13)12-23-6-8-24(9-7-23)18(26)20-16-10-15(19)4-5-17(16)25-3/h4-5,10-11H,6-9,12H2,1-3H3,(H,20,26). The van der Waals surface area contributed by atoms with Crippen LogP contribution in [0.25, 0.3) is 0 Å². The van der Waals surface area contributed by atoms with Crippen molar-refractivity contribution in [2.75, 3.05) is 38.6 Å². The van der Waals surface area contributed by atoms with Crippen molar-refractivity contribution in [1.29, 1.82) is 0 Å². The zero-order valence-electron chi connectivity index (χ0n) is 15.3. The fraction of sp³-hybridized carbons (Fsp3) is 0.444. The molecule has 1 aromatic carbocycles. The molecule has 0 aliphatic carbocycles. The summed E-state index contributed by atoms with van der Waals surface area (Å²) < 4.78 is 7.24. The molecule has 0 unspecified atom stereocenters.